The molecule has 0 amide bonds. The third-order valence-electron chi connectivity index (χ3n) is 4.03. The molecular formula is C14H17F3N2S. The smallest absolute Gasteiger partial charge is 0.316 e. The van der Waals surface area contributed by atoms with E-state index in [-0.39, 0.29) is 16.7 Å². The standard InChI is InChI=1S/C14H17F3N2S/c15-14(16,17)20-13-3-1-10(2-4-13)7-19-8-11-5-18-6-12(11)9-19/h1-4,11-12,18H,5-9H2/t11-,12+. The van der Waals surface area contributed by atoms with Crippen LogP contribution in [0.5, 0.6) is 0 Å². The molecule has 20 heavy (non-hydrogen) atoms. The van der Waals surface area contributed by atoms with Crippen molar-refractivity contribution in [1.82, 2.24) is 10.2 Å². The molecule has 1 aromatic rings. The molecule has 2 saturated heterocycles. The maximum Gasteiger partial charge on any atom is 0.446 e. The van der Waals surface area contributed by atoms with Crippen molar-refractivity contribution in [2.24, 2.45) is 11.8 Å². The highest BCUT2D eigenvalue weighted by molar-refractivity contribution is 8.00. The molecule has 2 aliphatic rings. The topological polar surface area (TPSA) is 15.3 Å². The van der Waals surface area contributed by atoms with Crippen molar-refractivity contribution in [1.29, 1.82) is 0 Å². The molecule has 1 aromatic carbocycles. The molecule has 2 atom stereocenters. The van der Waals surface area contributed by atoms with E-state index in [2.05, 4.69) is 10.2 Å². The number of nitrogens with one attached hydrogen (secondary N) is 1. The largest absolute Gasteiger partial charge is 0.446 e. The molecule has 2 fully saturated rings. The van der Waals surface area contributed by atoms with Crippen molar-refractivity contribution in [2.75, 3.05) is 26.2 Å². The van der Waals surface area contributed by atoms with Crippen molar-refractivity contribution in [3.8, 4) is 0 Å². The fourth-order valence-corrected chi connectivity index (χ4v) is 3.68. The fourth-order valence-electron chi connectivity index (χ4n) is 3.14. The van der Waals surface area contributed by atoms with Gasteiger partial charge < -0.3 is 5.32 Å². The summed E-state index contributed by atoms with van der Waals surface area (Å²) in [6, 6.07) is 6.73. The van der Waals surface area contributed by atoms with E-state index in [9.17, 15) is 13.2 Å². The average molecular weight is 302 g/mol. The van der Waals surface area contributed by atoms with Gasteiger partial charge in [-0.2, -0.15) is 13.2 Å². The van der Waals surface area contributed by atoms with E-state index < -0.39 is 5.51 Å². The number of likely N-dealkylation sites (tertiary alicyclic amines) is 1. The highest BCUT2D eigenvalue weighted by Crippen LogP contribution is 2.37. The van der Waals surface area contributed by atoms with Crippen LogP contribution in [0.25, 0.3) is 0 Å². The van der Waals surface area contributed by atoms with Crippen molar-refractivity contribution in [2.45, 2.75) is 16.9 Å². The molecule has 1 N–H and O–H groups in total. The monoisotopic (exact) mass is 302 g/mol. The van der Waals surface area contributed by atoms with Gasteiger partial charge in [-0.25, -0.2) is 0 Å². The lowest BCUT2D eigenvalue weighted by atomic mass is 10.0. The van der Waals surface area contributed by atoms with Crippen LogP contribution >= 0.6 is 11.8 Å². The second-order valence-electron chi connectivity index (χ2n) is 5.56. The van der Waals surface area contributed by atoms with Gasteiger partial charge in [-0.1, -0.05) is 12.1 Å². The molecule has 110 valence electrons. The number of fused-ring (bicyclic) bond motifs is 1. The van der Waals surface area contributed by atoms with Crippen LogP contribution < -0.4 is 5.32 Å². The van der Waals surface area contributed by atoms with Crippen LogP contribution in [-0.4, -0.2) is 36.6 Å². The van der Waals surface area contributed by atoms with Gasteiger partial charge in [-0.3, -0.25) is 4.90 Å². The predicted molar refractivity (Wildman–Crippen MR) is 73.5 cm³/mol. The zero-order chi connectivity index (χ0) is 14.2. The van der Waals surface area contributed by atoms with E-state index in [0.29, 0.717) is 0 Å². The Kier molecular flexibility index (Phi) is 3.97. The van der Waals surface area contributed by atoms with E-state index in [0.717, 1.165) is 50.1 Å². The quantitative estimate of drug-likeness (QED) is 0.864. The highest BCUT2D eigenvalue weighted by Gasteiger charge is 2.35. The summed E-state index contributed by atoms with van der Waals surface area (Å²) in [5, 5.41) is 3.40. The van der Waals surface area contributed by atoms with Crippen LogP contribution in [0.2, 0.25) is 0 Å². The van der Waals surface area contributed by atoms with Gasteiger partial charge in [-0.15, -0.1) is 0 Å². The molecule has 0 radical (unpaired) electrons. The Hall–Kier alpha value is -0.720. The van der Waals surface area contributed by atoms with Gasteiger partial charge in [0.15, 0.2) is 0 Å². The Morgan fingerprint density at radius 3 is 2.25 bits per heavy atom. The molecule has 6 heteroatoms. The van der Waals surface area contributed by atoms with E-state index in [4.69, 9.17) is 0 Å². The Balaban J connectivity index is 1.56. The first-order valence-corrected chi connectivity index (χ1v) is 7.59. The third kappa shape index (κ3) is 3.48. The summed E-state index contributed by atoms with van der Waals surface area (Å²) < 4.78 is 36.7. The molecule has 0 aromatic heterocycles. The molecule has 2 nitrogen and oxygen atoms in total. The fraction of sp³-hybridized carbons (Fsp3) is 0.571. The molecular weight excluding hydrogens is 285 g/mol. The predicted octanol–water partition coefficient (Wildman–Crippen LogP) is 2.95. The summed E-state index contributed by atoms with van der Waals surface area (Å²) in [6.07, 6.45) is 0. The first-order valence-electron chi connectivity index (χ1n) is 6.77. The van der Waals surface area contributed by atoms with Crippen LogP contribution in [0.1, 0.15) is 5.56 Å². The Morgan fingerprint density at radius 1 is 1.10 bits per heavy atom. The first kappa shape index (κ1) is 14.2. The number of nitrogens with zero attached hydrogens (tertiary/aromatic N) is 1. The minimum absolute atomic E-state index is 0.0561. The second kappa shape index (κ2) is 5.58. The summed E-state index contributed by atoms with van der Waals surface area (Å²) in [4.78, 5) is 2.66. The lowest BCUT2D eigenvalue weighted by molar-refractivity contribution is -0.0328. The lowest BCUT2D eigenvalue weighted by Gasteiger charge is -2.17. The number of rotatable bonds is 3. The van der Waals surface area contributed by atoms with Crippen molar-refractivity contribution in [3.05, 3.63) is 29.8 Å². The van der Waals surface area contributed by atoms with Crippen molar-refractivity contribution >= 4 is 11.8 Å². The number of hydrogen-bond acceptors (Lipinski definition) is 3. The Labute approximate surface area is 120 Å². The SMILES string of the molecule is FC(F)(F)Sc1ccc(CN2C[C@H]3CNC[C@H]3C2)cc1. The number of halogens is 3. The van der Waals surface area contributed by atoms with Crippen LogP contribution in [-0.2, 0) is 6.54 Å². The molecule has 3 rings (SSSR count). The third-order valence-corrected chi connectivity index (χ3v) is 4.77. The summed E-state index contributed by atoms with van der Waals surface area (Å²) in [7, 11) is 0. The molecule has 0 bridgehead atoms. The molecule has 0 saturated carbocycles. The van der Waals surface area contributed by atoms with Crippen LogP contribution in [0.15, 0.2) is 29.2 Å². The minimum atomic E-state index is -4.21. The number of alkyl halides is 3. The maximum absolute atomic E-state index is 12.2. The summed E-state index contributed by atoms with van der Waals surface area (Å²) in [5.41, 5.74) is -3.12. The summed E-state index contributed by atoms with van der Waals surface area (Å²) in [6.45, 7) is 5.22. The highest BCUT2D eigenvalue weighted by atomic mass is 32.2. The van der Waals surface area contributed by atoms with Gasteiger partial charge in [0.25, 0.3) is 0 Å². The van der Waals surface area contributed by atoms with E-state index in [1.807, 2.05) is 0 Å². The van der Waals surface area contributed by atoms with E-state index in [1.54, 1.807) is 24.3 Å². The summed E-state index contributed by atoms with van der Waals surface area (Å²) in [5.74, 6) is 1.49. The first-order chi connectivity index (χ1) is 9.49. The molecule has 0 aliphatic carbocycles. The normalized spacial score (nSPS) is 26.9. The van der Waals surface area contributed by atoms with Gasteiger partial charge in [0.1, 0.15) is 0 Å². The maximum atomic E-state index is 12.2. The Bertz CT molecular complexity index is 448. The van der Waals surface area contributed by atoms with E-state index >= 15 is 0 Å². The van der Waals surface area contributed by atoms with Gasteiger partial charge in [0.2, 0.25) is 0 Å². The molecule has 0 spiro atoms. The van der Waals surface area contributed by atoms with Gasteiger partial charge in [0.05, 0.1) is 0 Å². The van der Waals surface area contributed by atoms with Crippen LogP contribution in [0.4, 0.5) is 13.2 Å². The van der Waals surface area contributed by atoms with Crippen molar-refractivity contribution < 1.29 is 13.2 Å². The van der Waals surface area contributed by atoms with Gasteiger partial charge in [-0.05, 0) is 54.4 Å². The zero-order valence-corrected chi connectivity index (χ0v) is 11.8. The van der Waals surface area contributed by atoms with Gasteiger partial charge in [0, 0.05) is 24.5 Å². The Morgan fingerprint density at radius 2 is 1.70 bits per heavy atom. The number of benzene rings is 1. The molecule has 0 unspecified atom stereocenters. The van der Waals surface area contributed by atoms with Crippen LogP contribution in [0, 0.1) is 11.8 Å². The van der Waals surface area contributed by atoms with Gasteiger partial charge >= 0.3 is 5.51 Å². The second-order valence-corrected chi connectivity index (χ2v) is 6.70. The number of hydrogen-bond donors (Lipinski definition) is 1. The summed E-state index contributed by atoms with van der Waals surface area (Å²) >= 11 is -0.0561. The molecule has 2 aliphatic heterocycles. The number of thioether (sulfide) groups is 1. The van der Waals surface area contributed by atoms with Crippen LogP contribution in [0.3, 0.4) is 0 Å². The zero-order valence-electron chi connectivity index (χ0n) is 11.0. The lowest BCUT2D eigenvalue weighted by Crippen LogP contribution is -2.25. The minimum Gasteiger partial charge on any atom is -0.316 e. The molecule has 2 heterocycles. The average Bonchev–Trinajstić information content (AvgIpc) is 2.90. The van der Waals surface area contributed by atoms with Crippen molar-refractivity contribution in [3.63, 3.8) is 0 Å². The van der Waals surface area contributed by atoms with E-state index in [1.165, 1.54) is 0 Å².